The first-order chi connectivity index (χ1) is 9.99. The van der Waals surface area contributed by atoms with Gasteiger partial charge in [-0.1, -0.05) is 0 Å². The van der Waals surface area contributed by atoms with E-state index >= 15 is 0 Å². The van der Waals surface area contributed by atoms with Crippen LogP contribution in [-0.4, -0.2) is 66.4 Å². The van der Waals surface area contributed by atoms with E-state index in [4.69, 9.17) is 14.7 Å². The number of aromatic nitrogens is 4. The van der Waals surface area contributed by atoms with Gasteiger partial charge in [-0.3, -0.25) is 0 Å². The summed E-state index contributed by atoms with van der Waals surface area (Å²) in [5.41, 5.74) is 6.37. The van der Waals surface area contributed by atoms with Crippen molar-refractivity contribution in [2.75, 3.05) is 5.73 Å². The predicted molar refractivity (Wildman–Crippen MR) is 69.1 cm³/mol. The van der Waals surface area contributed by atoms with Crippen LogP contribution in [0.2, 0.25) is 5.32 Å². The van der Waals surface area contributed by atoms with Gasteiger partial charge in [0.15, 0.2) is 0 Å². The van der Waals surface area contributed by atoms with Crippen LogP contribution in [0, 0.1) is 0 Å². The first-order valence-corrected chi connectivity index (χ1v) is 8.68. The van der Waals surface area contributed by atoms with Crippen LogP contribution < -0.4 is 5.73 Å². The number of rotatable bonds is 3. The van der Waals surface area contributed by atoms with Crippen LogP contribution in [-0.2, 0) is 8.57 Å². The summed E-state index contributed by atoms with van der Waals surface area (Å²) in [4.78, 5) is 11.9. The van der Waals surface area contributed by atoms with Gasteiger partial charge in [0.05, 0.1) is 0 Å². The molecule has 5 N–H and O–H groups in total. The van der Waals surface area contributed by atoms with E-state index in [2.05, 4.69) is 15.0 Å². The standard InChI is InChI=1S/C10H13N5O5Se/c11-8-5-9(13-2-12-8)15(3-14-5)10-7(17)6(16)4(20-10)1-21(18)19/h2-4,6-7,10,16-17H,1H2,(H,18,19)(H2,11,12,13)/t4-,6-,7-,10-/m1/s1. The number of anilines is 1. The zero-order valence-corrected chi connectivity index (χ0v) is 12.3. The van der Waals surface area contributed by atoms with Gasteiger partial charge in [-0.2, -0.15) is 0 Å². The molecule has 0 saturated carbocycles. The van der Waals surface area contributed by atoms with Crippen molar-refractivity contribution in [1.29, 1.82) is 0 Å². The minimum atomic E-state index is -3.04. The number of ether oxygens (including phenoxy) is 1. The number of aliphatic hydroxyl groups excluding tert-OH is 2. The number of hydrogen-bond acceptors (Lipinski definition) is 8. The summed E-state index contributed by atoms with van der Waals surface area (Å²) in [6, 6.07) is 0. The Bertz CT molecular complexity index is 694. The van der Waals surface area contributed by atoms with Gasteiger partial charge in [0.25, 0.3) is 0 Å². The van der Waals surface area contributed by atoms with Gasteiger partial charge in [-0.25, -0.2) is 0 Å². The molecule has 0 aliphatic carbocycles. The van der Waals surface area contributed by atoms with Gasteiger partial charge in [0, 0.05) is 0 Å². The van der Waals surface area contributed by atoms with Crippen LogP contribution >= 0.6 is 0 Å². The maximum absolute atomic E-state index is 10.9. The quantitative estimate of drug-likeness (QED) is 0.451. The molecule has 0 amide bonds. The first kappa shape index (κ1) is 14.4. The SMILES string of the molecule is Nc1ncnc2c1ncn2[C@@H]1O[C@H](C[Se](=O)O)[C@@H](O)[C@H]1O. The third-order valence-electron chi connectivity index (χ3n) is 3.31. The van der Waals surface area contributed by atoms with Gasteiger partial charge in [-0.15, -0.1) is 0 Å². The second-order valence-electron chi connectivity index (χ2n) is 4.62. The molecule has 114 valence electrons. The Hall–Kier alpha value is -1.49. The molecule has 0 aromatic carbocycles. The van der Waals surface area contributed by atoms with E-state index in [0.29, 0.717) is 11.2 Å². The van der Waals surface area contributed by atoms with Crippen molar-refractivity contribution in [3.8, 4) is 0 Å². The molecular formula is C10H13N5O5Se. The summed E-state index contributed by atoms with van der Waals surface area (Å²) in [6.45, 7) is 0. The molecule has 2 aromatic heterocycles. The van der Waals surface area contributed by atoms with Crippen molar-refractivity contribution in [1.82, 2.24) is 19.5 Å². The molecule has 21 heavy (non-hydrogen) atoms. The first-order valence-electron chi connectivity index (χ1n) is 6.01. The molecule has 0 radical (unpaired) electrons. The number of aliphatic hydroxyl groups is 2. The summed E-state index contributed by atoms with van der Waals surface area (Å²) in [6.07, 6.45) is -1.81. The fourth-order valence-corrected chi connectivity index (χ4v) is 3.46. The molecule has 1 unspecified atom stereocenters. The van der Waals surface area contributed by atoms with E-state index in [9.17, 15) is 14.0 Å². The number of imidazole rings is 1. The molecule has 3 rings (SSSR count). The fourth-order valence-electron chi connectivity index (χ4n) is 2.29. The zero-order valence-electron chi connectivity index (χ0n) is 10.6. The van der Waals surface area contributed by atoms with E-state index in [0.717, 1.165) is 0 Å². The van der Waals surface area contributed by atoms with Crippen LogP contribution in [0.4, 0.5) is 5.82 Å². The molecule has 1 aliphatic heterocycles. The molecule has 1 saturated heterocycles. The molecule has 1 fully saturated rings. The van der Waals surface area contributed by atoms with Gasteiger partial charge in [0.2, 0.25) is 0 Å². The Labute approximate surface area is 122 Å². The number of nitrogen functional groups attached to an aromatic ring is 1. The molecule has 1 aliphatic rings. The summed E-state index contributed by atoms with van der Waals surface area (Å²) in [7, 11) is 0. The summed E-state index contributed by atoms with van der Waals surface area (Å²) >= 11 is -3.04. The van der Waals surface area contributed by atoms with E-state index in [1.54, 1.807) is 0 Å². The van der Waals surface area contributed by atoms with Gasteiger partial charge in [0.1, 0.15) is 0 Å². The molecular weight excluding hydrogens is 349 g/mol. The van der Waals surface area contributed by atoms with Crippen molar-refractivity contribution in [2.45, 2.75) is 29.9 Å². The third-order valence-corrected chi connectivity index (χ3v) is 4.59. The van der Waals surface area contributed by atoms with Crippen LogP contribution in [0.5, 0.6) is 0 Å². The van der Waals surface area contributed by atoms with Crippen molar-refractivity contribution in [3.63, 3.8) is 0 Å². The number of nitrogens with two attached hydrogens (primary N) is 1. The van der Waals surface area contributed by atoms with Gasteiger partial charge < -0.3 is 0 Å². The number of fused-ring (bicyclic) bond motifs is 1. The van der Waals surface area contributed by atoms with E-state index in [1.165, 1.54) is 17.2 Å². The van der Waals surface area contributed by atoms with Crippen LogP contribution in [0.15, 0.2) is 12.7 Å². The molecule has 0 spiro atoms. The molecule has 10 nitrogen and oxygen atoms in total. The Morgan fingerprint density at radius 2 is 2.10 bits per heavy atom. The zero-order chi connectivity index (χ0) is 15.1. The molecule has 0 bridgehead atoms. The number of nitrogens with zero attached hydrogens (tertiary/aromatic N) is 4. The Kier molecular flexibility index (Phi) is 3.69. The average Bonchev–Trinajstić information content (AvgIpc) is 2.96. The van der Waals surface area contributed by atoms with Crippen molar-refractivity contribution in [2.24, 2.45) is 0 Å². The van der Waals surface area contributed by atoms with Crippen molar-refractivity contribution >= 4 is 31.1 Å². The van der Waals surface area contributed by atoms with E-state index < -0.39 is 38.7 Å². The second-order valence-corrected chi connectivity index (χ2v) is 6.67. The van der Waals surface area contributed by atoms with Gasteiger partial charge >= 0.3 is 122 Å². The maximum atomic E-state index is 10.9. The topological polar surface area (TPSA) is 157 Å². The molecule has 11 heteroatoms. The molecule has 5 atom stereocenters. The van der Waals surface area contributed by atoms with E-state index in [1.807, 2.05) is 0 Å². The minimum absolute atomic E-state index is 0.185. The number of hydrogen-bond donors (Lipinski definition) is 4. The predicted octanol–water partition coefficient (Wildman–Crippen LogP) is -2.06. The van der Waals surface area contributed by atoms with Crippen LogP contribution in [0.3, 0.4) is 0 Å². The molecule has 2 aromatic rings. The fraction of sp³-hybridized carbons (Fsp3) is 0.500. The Balaban J connectivity index is 1.96. The summed E-state index contributed by atoms with van der Waals surface area (Å²) < 4.78 is 26.8. The monoisotopic (exact) mass is 363 g/mol. The van der Waals surface area contributed by atoms with E-state index in [-0.39, 0.29) is 11.1 Å². The Morgan fingerprint density at radius 1 is 1.33 bits per heavy atom. The normalized spacial score (nSPS) is 30.8. The van der Waals surface area contributed by atoms with Crippen molar-refractivity contribution < 1.29 is 23.0 Å². The molecule has 3 heterocycles. The third kappa shape index (κ3) is 2.44. The average molecular weight is 362 g/mol. The summed E-state index contributed by atoms with van der Waals surface area (Å²) in [5.74, 6) is 0.185. The summed E-state index contributed by atoms with van der Waals surface area (Å²) in [5, 5.41) is 19.8. The van der Waals surface area contributed by atoms with Gasteiger partial charge in [-0.05, 0) is 0 Å². The van der Waals surface area contributed by atoms with Crippen LogP contribution in [0.25, 0.3) is 11.2 Å². The Morgan fingerprint density at radius 3 is 2.81 bits per heavy atom. The van der Waals surface area contributed by atoms with Crippen molar-refractivity contribution in [3.05, 3.63) is 12.7 Å². The van der Waals surface area contributed by atoms with Crippen LogP contribution in [0.1, 0.15) is 6.23 Å². The second kappa shape index (κ2) is 5.37.